The summed E-state index contributed by atoms with van der Waals surface area (Å²) in [7, 11) is 1.30. The normalized spacial score (nSPS) is 10.6. The Morgan fingerprint density at radius 3 is 2.87 bits per heavy atom. The third-order valence-corrected chi connectivity index (χ3v) is 3.46. The summed E-state index contributed by atoms with van der Waals surface area (Å²) in [6.07, 6.45) is 0. The Morgan fingerprint density at radius 2 is 2.20 bits per heavy atom. The van der Waals surface area contributed by atoms with Crippen LogP contribution in [0.1, 0.15) is 9.67 Å². The van der Waals surface area contributed by atoms with Gasteiger partial charge in [0, 0.05) is 14.6 Å². The van der Waals surface area contributed by atoms with Crippen molar-refractivity contribution in [3.05, 3.63) is 33.4 Å². The molecule has 0 unspecified atom stereocenters. The summed E-state index contributed by atoms with van der Waals surface area (Å²) < 4.78 is 19.4. The standard InChI is InChI=1S/C10H6BrFO2S/c1-14-10(13)9-4-6-7(12)2-5(11)3-8(6)15-9/h2-4H,1H3. The van der Waals surface area contributed by atoms with Gasteiger partial charge < -0.3 is 4.74 Å². The predicted molar refractivity (Wildman–Crippen MR) is 60.8 cm³/mol. The second-order valence-corrected chi connectivity index (χ2v) is 4.90. The number of thiophene rings is 1. The third kappa shape index (κ3) is 1.89. The van der Waals surface area contributed by atoms with Gasteiger partial charge in [-0.05, 0) is 18.2 Å². The van der Waals surface area contributed by atoms with Gasteiger partial charge in [0.2, 0.25) is 0 Å². The third-order valence-electron chi connectivity index (χ3n) is 1.94. The fraction of sp³-hybridized carbons (Fsp3) is 0.100. The van der Waals surface area contributed by atoms with Gasteiger partial charge in [-0.2, -0.15) is 0 Å². The zero-order valence-electron chi connectivity index (χ0n) is 7.71. The topological polar surface area (TPSA) is 26.3 Å². The first kappa shape index (κ1) is 10.6. The molecule has 1 heterocycles. The monoisotopic (exact) mass is 288 g/mol. The lowest BCUT2D eigenvalue weighted by molar-refractivity contribution is 0.0606. The van der Waals surface area contributed by atoms with E-state index in [1.54, 1.807) is 6.07 Å². The van der Waals surface area contributed by atoms with Gasteiger partial charge in [0.1, 0.15) is 10.7 Å². The van der Waals surface area contributed by atoms with Crippen molar-refractivity contribution in [2.45, 2.75) is 0 Å². The maximum absolute atomic E-state index is 13.5. The van der Waals surface area contributed by atoms with Crippen molar-refractivity contribution in [1.82, 2.24) is 0 Å². The molecule has 0 aliphatic carbocycles. The highest BCUT2D eigenvalue weighted by atomic mass is 79.9. The quantitative estimate of drug-likeness (QED) is 0.750. The van der Waals surface area contributed by atoms with Gasteiger partial charge in [0.15, 0.2) is 0 Å². The molecule has 0 N–H and O–H groups in total. The number of halogens is 2. The maximum atomic E-state index is 13.5. The van der Waals surface area contributed by atoms with Gasteiger partial charge >= 0.3 is 5.97 Å². The molecule has 0 saturated carbocycles. The van der Waals surface area contributed by atoms with Crippen molar-refractivity contribution < 1.29 is 13.9 Å². The van der Waals surface area contributed by atoms with Crippen molar-refractivity contribution in [2.24, 2.45) is 0 Å². The van der Waals surface area contributed by atoms with E-state index in [0.717, 1.165) is 4.70 Å². The molecule has 2 aromatic rings. The smallest absolute Gasteiger partial charge is 0.348 e. The highest BCUT2D eigenvalue weighted by Gasteiger charge is 2.13. The first-order valence-corrected chi connectivity index (χ1v) is 5.69. The molecule has 78 valence electrons. The summed E-state index contributed by atoms with van der Waals surface area (Å²) in [5, 5.41) is 0.448. The lowest BCUT2D eigenvalue weighted by Gasteiger charge is -1.92. The average Bonchev–Trinajstić information content (AvgIpc) is 2.60. The Balaban J connectivity index is 2.65. The number of ether oxygens (including phenoxy) is 1. The second kappa shape index (κ2) is 3.90. The lowest BCUT2D eigenvalue weighted by atomic mass is 10.2. The van der Waals surface area contributed by atoms with Crippen LogP contribution in [0.25, 0.3) is 10.1 Å². The Labute approximate surface area is 97.8 Å². The molecule has 0 amide bonds. The molecule has 0 aliphatic heterocycles. The molecule has 2 rings (SSSR count). The number of esters is 1. The van der Waals surface area contributed by atoms with E-state index >= 15 is 0 Å². The van der Waals surface area contributed by atoms with E-state index in [4.69, 9.17) is 0 Å². The number of carbonyl (C=O) groups is 1. The molecule has 0 aliphatic rings. The molecule has 15 heavy (non-hydrogen) atoms. The number of fused-ring (bicyclic) bond motifs is 1. The van der Waals surface area contributed by atoms with Gasteiger partial charge in [-0.15, -0.1) is 11.3 Å². The Bertz CT molecular complexity index is 535. The minimum absolute atomic E-state index is 0.342. The summed E-state index contributed by atoms with van der Waals surface area (Å²) >= 11 is 4.41. The summed E-state index contributed by atoms with van der Waals surface area (Å²) in [5.41, 5.74) is 0. The van der Waals surface area contributed by atoms with Gasteiger partial charge in [0.05, 0.1) is 7.11 Å². The van der Waals surface area contributed by atoms with Crippen LogP contribution in [0.15, 0.2) is 22.7 Å². The Morgan fingerprint density at radius 1 is 1.47 bits per heavy atom. The molecular weight excluding hydrogens is 283 g/mol. The van der Waals surface area contributed by atoms with Crippen molar-refractivity contribution in [1.29, 1.82) is 0 Å². The zero-order valence-corrected chi connectivity index (χ0v) is 10.1. The van der Waals surface area contributed by atoms with Crippen LogP contribution in [0.2, 0.25) is 0 Å². The van der Waals surface area contributed by atoms with Crippen LogP contribution in [0, 0.1) is 5.82 Å². The molecule has 0 spiro atoms. The van der Waals surface area contributed by atoms with E-state index in [1.165, 1.54) is 30.6 Å². The molecule has 0 fully saturated rings. The van der Waals surface area contributed by atoms with Gasteiger partial charge in [-0.25, -0.2) is 9.18 Å². The molecule has 2 nitrogen and oxygen atoms in total. The lowest BCUT2D eigenvalue weighted by Crippen LogP contribution is -1.96. The van der Waals surface area contributed by atoms with E-state index in [1.807, 2.05) is 0 Å². The number of benzene rings is 1. The van der Waals surface area contributed by atoms with E-state index in [-0.39, 0.29) is 5.82 Å². The van der Waals surface area contributed by atoms with Gasteiger partial charge in [-0.3, -0.25) is 0 Å². The summed E-state index contributed by atoms with van der Waals surface area (Å²) in [4.78, 5) is 11.6. The highest BCUT2D eigenvalue weighted by Crippen LogP contribution is 2.31. The van der Waals surface area contributed by atoms with Crippen molar-refractivity contribution >= 4 is 43.3 Å². The van der Waals surface area contributed by atoms with E-state index < -0.39 is 5.97 Å². The number of methoxy groups -OCH3 is 1. The van der Waals surface area contributed by atoms with E-state index in [2.05, 4.69) is 20.7 Å². The van der Waals surface area contributed by atoms with Crippen LogP contribution < -0.4 is 0 Å². The van der Waals surface area contributed by atoms with E-state index in [0.29, 0.717) is 14.7 Å². The number of rotatable bonds is 1. The van der Waals surface area contributed by atoms with Crippen LogP contribution in [0.5, 0.6) is 0 Å². The summed E-state index contributed by atoms with van der Waals surface area (Å²) in [5.74, 6) is -0.780. The molecule has 1 aromatic carbocycles. The number of carbonyl (C=O) groups excluding carboxylic acids is 1. The zero-order chi connectivity index (χ0) is 11.0. The predicted octanol–water partition coefficient (Wildman–Crippen LogP) is 3.59. The fourth-order valence-corrected chi connectivity index (χ4v) is 2.88. The molecular formula is C10H6BrFO2S. The average molecular weight is 289 g/mol. The Kier molecular flexibility index (Phi) is 2.75. The van der Waals surface area contributed by atoms with Crippen LogP contribution in [0.4, 0.5) is 4.39 Å². The second-order valence-electron chi connectivity index (χ2n) is 2.90. The largest absolute Gasteiger partial charge is 0.465 e. The van der Waals surface area contributed by atoms with Crippen molar-refractivity contribution in [3.63, 3.8) is 0 Å². The minimum Gasteiger partial charge on any atom is -0.465 e. The first-order chi connectivity index (χ1) is 7.11. The van der Waals surface area contributed by atoms with Crippen LogP contribution in [-0.4, -0.2) is 13.1 Å². The molecule has 1 aromatic heterocycles. The Hall–Kier alpha value is -0.940. The highest BCUT2D eigenvalue weighted by molar-refractivity contribution is 9.10. The summed E-state index contributed by atoms with van der Waals surface area (Å²) in [6.45, 7) is 0. The van der Waals surface area contributed by atoms with Crippen LogP contribution in [0.3, 0.4) is 0 Å². The molecule has 0 radical (unpaired) electrons. The van der Waals surface area contributed by atoms with Gasteiger partial charge in [0.25, 0.3) is 0 Å². The summed E-state index contributed by atoms with van der Waals surface area (Å²) in [6, 6.07) is 4.65. The molecule has 5 heteroatoms. The minimum atomic E-state index is -0.438. The first-order valence-electron chi connectivity index (χ1n) is 4.08. The van der Waals surface area contributed by atoms with Crippen molar-refractivity contribution in [2.75, 3.05) is 7.11 Å². The molecule has 0 atom stereocenters. The van der Waals surface area contributed by atoms with Crippen LogP contribution >= 0.6 is 27.3 Å². The van der Waals surface area contributed by atoms with Crippen LogP contribution in [-0.2, 0) is 4.74 Å². The SMILES string of the molecule is COC(=O)c1cc2c(F)cc(Br)cc2s1. The fourth-order valence-electron chi connectivity index (χ4n) is 1.27. The molecule has 0 bridgehead atoms. The maximum Gasteiger partial charge on any atom is 0.348 e. The van der Waals surface area contributed by atoms with Crippen molar-refractivity contribution in [3.8, 4) is 0 Å². The van der Waals surface area contributed by atoms with E-state index in [9.17, 15) is 9.18 Å². The molecule has 0 saturated heterocycles. The number of hydrogen-bond acceptors (Lipinski definition) is 3. The number of hydrogen-bond donors (Lipinski definition) is 0. The van der Waals surface area contributed by atoms with Gasteiger partial charge in [-0.1, -0.05) is 15.9 Å².